The fourth-order valence-electron chi connectivity index (χ4n) is 2.71. The average molecular weight is 305 g/mol. The largest absolute Gasteiger partial charge is 0.317 e. The molecule has 0 bridgehead atoms. The van der Waals surface area contributed by atoms with E-state index in [-0.39, 0.29) is 0 Å². The Kier molecular flexibility index (Phi) is 7.43. The van der Waals surface area contributed by atoms with Crippen molar-refractivity contribution in [2.75, 3.05) is 39.3 Å². The first-order valence-electron chi connectivity index (χ1n) is 7.87. The van der Waals surface area contributed by atoms with Crippen molar-refractivity contribution in [1.82, 2.24) is 13.9 Å². The zero-order valence-electron chi connectivity index (χ0n) is 13.4. The third-order valence-electron chi connectivity index (χ3n) is 3.74. The summed E-state index contributed by atoms with van der Waals surface area (Å²) in [5, 5.41) is 3.33. The molecule has 0 aromatic heterocycles. The number of hydrogen-bond donors (Lipinski definition) is 1. The first kappa shape index (κ1) is 17.9. The van der Waals surface area contributed by atoms with Crippen LogP contribution in [0.25, 0.3) is 0 Å². The van der Waals surface area contributed by atoms with Crippen LogP contribution in [0.1, 0.15) is 40.5 Å². The Morgan fingerprint density at radius 2 is 2.05 bits per heavy atom. The van der Waals surface area contributed by atoms with E-state index in [0.29, 0.717) is 38.0 Å². The summed E-state index contributed by atoms with van der Waals surface area (Å²) < 4.78 is 28.7. The van der Waals surface area contributed by atoms with Gasteiger partial charge in [-0.2, -0.15) is 17.0 Å². The molecule has 0 aliphatic carbocycles. The number of rotatable bonds is 8. The van der Waals surface area contributed by atoms with E-state index in [0.717, 1.165) is 25.9 Å². The van der Waals surface area contributed by atoms with Gasteiger partial charge in [0.25, 0.3) is 10.2 Å². The maximum Gasteiger partial charge on any atom is 0.281 e. The lowest BCUT2D eigenvalue weighted by molar-refractivity contribution is 0.240. The van der Waals surface area contributed by atoms with E-state index in [1.54, 1.807) is 8.61 Å². The maximum atomic E-state index is 12.7. The van der Waals surface area contributed by atoms with Gasteiger partial charge in [0, 0.05) is 26.2 Å². The molecule has 0 radical (unpaired) electrons. The molecule has 1 atom stereocenters. The Hall–Kier alpha value is -0.170. The average Bonchev–Trinajstić information content (AvgIpc) is 2.42. The Morgan fingerprint density at radius 1 is 1.35 bits per heavy atom. The van der Waals surface area contributed by atoms with E-state index in [2.05, 4.69) is 26.1 Å². The monoisotopic (exact) mass is 305 g/mol. The van der Waals surface area contributed by atoms with Gasteiger partial charge in [-0.1, -0.05) is 27.7 Å². The molecule has 0 aromatic rings. The standard InChI is InChI=1S/C14H31N3O2S/c1-5-15-10-14-8-7-9-17(12-14)20(18,19)16(6-2)11-13(3)4/h13-15H,5-12H2,1-4H3. The summed E-state index contributed by atoms with van der Waals surface area (Å²) >= 11 is 0. The summed E-state index contributed by atoms with van der Waals surface area (Å²) in [5.74, 6) is 0.795. The van der Waals surface area contributed by atoms with Crippen molar-refractivity contribution in [1.29, 1.82) is 0 Å². The molecule has 5 nitrogen and oxygen atoms in total. The number of piperidine rings is 1. The van der Waals surface area contributed by atoms with Gasteiger partial charge >= 0.3 is 0 Å². The molecule has 1 unspecified atom stereocenters. The predicted molar refractivity (Wildman–Crippen MR) is 83.8 cm³/mol. The van der Waals surface area contributed by atoms with Crippen molar-refractivity contribution in [2.45, 2.75) is 40.5 Å². The lowest BCUT2D eigenvalue weighted by Gasteiger charge is -2.35. The van der Waals surface area contributed by atoms with Gasteiger partial charge in [0.15, 0.2) is 0 Å². The molecular weight excluding hydrogens is 274 g/mol. The van der Waals surface area contributed by atoms with Crippen LogP contribution < -0.4 is 5.32 Å². The minimum atomic E-state index is -3.29. The first-order chi connectivity index (χ1) is 9.41. The summed E-state index contributed by atoms with van der Waals surface area (Å²) in [7, 11) is -3.29. The minimum Gasteiger partial charge on any atom is -0.317 e. The summed E-state index contributed by atoms with van der Waals surface area (Å²) in [5.41, 5.74) is 0. The van der Waals surface area contributed by atoms with Crippen molar-refractivity contribution in [3.63, 3.8) is 0 Å². The van der Waals surface area contributed by atoms with E-state index in [4.69, 9.17) is 0 Å². The fraction of sp³-hybridized carbons (Fsp3) is 1.00. The highest BCUT2D eigenvalue weighted by molar-refractivity contribution is 7.86. The Morgan fingerprint density at radius 3 is 2.60 bits per heavy atom. The number of hydrogen-bond acceptors (Lipinski definition) is 3. The molecule has 6 heteroatoms. The quantitative estimate of drug-likeness (QED) is 0.740. The highest BCUT2D eigenvalue weighted by Gasteiger charge is 2.32. The third kappa shape index (κ3) is 4.98. The second kappa shape index (κ2) is 8.32. The second-order valence-corrected chi connectivity index (χ2v) is 7.95. The molecule has 1 fully saturated rings. The molecule has 1 N–H and O–H groups in total. The predicted octanol–water partition coefficient (Wildman–Crippen LogP) is 1.53. The van der Waals surface area contributed by atoms with Crippen LogP contribution in [0.15, 0.2) is 0 Å². The van der Waals surface area contributed by atoms with Crippen LogP contribution in [0.3, 0.4) is 0 Å². The van der Waals surface area contributed by atoms with Crippen LogP contribution in [0, 0.1) is 11.8 Å². The molecule has 120 valence electrons. The van der Waals surface area contributed by atoms with E-state index >= 15 is 0 Å². The topological polar surface area (TPSA) is 52.7 Å². The van der Waals surface area contributed by atoms with Crippen LogP contribution in [0.2, 0.25) is 0 Å². The van der Waals surface area contributed by atoms with Gasteiger partial charge in [-0.05, 0) is 37.8 Å². The van der Waals surface area contributed by atoms with Gasteiger partial charge in [0.05, 0.1) is 0 Å². The van der Waals surface area contributed by atoms with Crippen LogP contribution in [-0.2, 0) is 10.2 Å². The summed E-state index contributed by atoms with van der Waals surface area (Å²) in [6.07, 6.45) is 2.09. The fourth-order valence-corrected chi connectivity index (χ4v) is 4.61. The second-order valence-electron chi connectivity index (χ2n) is 6.03. The third-order valence-corrected chi connectivity index (χ3v) is 5.78. The minimum absolute atomic E-state index is 0.354. The molecule has 1 aliphatic heterocycles. The van der Waals surface area contributed by atoms with Gasteiger partial charge in [0.2, 0.25) is 0 Å². The molecule has 1 aliphatic rings. The van der Waals surface area contributed by atoms with E-state index in [9.17, 15) is 8.42 Å². The molecule has 20 heavy (non-hydrogen) atoms. The molecule has 1 rings (SSSR count). The molecule has 0 spiro atoms. The molecular formula is C14H31N3O2S. The van der Waals surface area contributed by atoms with Crippen LogP contribution >= 0.6 is 0 Å². The molecule has 0 amide bonds. The highest BCUT2D eigenvalue weighted by atomic mass is 32.2. The summed E-state index contributed by atoms with van der Waals surface area (Å²) in [6, 6.07) is 0. The van der Waals surface area contributed by atoms with Gasteiger partial charge < -0.3 is 5.32 Å². The zero-order valence-corrected chi connectivity index (χ0v) is 14.2. The number of nitrogens with one attached hydrogen (secondary N) is 1. The SMILES string of the molecule is CCNCC1CCCN(S(=O)(=O)N(CC)CC(C)C)C1. The van der Waals surface area contributed by atoms with Crippen molar-refractivity contribution < 1.29 is 8.42 Å². The highest BCUT2D eigenvalue weighted by Crippen LogP contribution is 2.21. The Bertz CT molecular complexity index is 371. The van der Waals surface area contributed by atoms with Crippen LogP contribution in [-0.4, -0.2) is 56.3 Å². The lowest BCUT2D eigenvalue weighted by Crippen LogP contribution is -2.50. The maximum absolute atomic E-state index is 12.7. The summed E-state index contributed by atoms with van der Waals surface area (Å²) in [4.78, 5) is 0. The van der Waals surface area contributed by atoms with Gasteiger partial charge in [0.1, 0.15) is 0 Å². The van der Waals surface area contributed by atoms with E-state index in [1.807, 2.05) is 6.92 Å². The summed E-state index contributed by atoms with van der Waals surface area (Å²) in [6.45, 7) is 12.4. The Labute approximate surface area is 124 Å². The molecule has 0 aromatic carbocycles. The van der Waals surface area contributed by atoms with Crippen molar-refractivity contribution in [3.05, 3.63) is 0 Å². The van der Waals surface area contributed by atoms with Crippen molar-refractivity contribution >= 4 is 10.2 Å². The van der Waals surface area contributed by atoms with Gasteiger partial charge in [-0.15, -0.1) is 0 Å². The van der Waals surface area contributed by atoms with Crippen LogP contribution in [0.4, 0.5) is 0 Å². The normalized spacial score (nSPS) is 21.8. The molecule has 1 saturated heterocycles. The van der Waals surface area contributed by atoms with Gasteiger partial charge in [-0.25, -0.2) is 0 Å². The van der Waals surface area contributed by atoms with Gasteiger partial charge in [-0.3, -0.25) is 0 Å². The van der Waals surface area contributed by atoms with E-state index in [1.165, 1.54) is 0 Å². The zero-order chi connectivity index (χ0) is 15.2. The molecule has 1 heterocycles. The number of nitrogens with zero attached hydrogens (tertiary/aromatic N) is 2. The van der Waals surface area contributed by atoms with Crippen molar-refractivity contribution in [2.24, 2.45) is 11.8 Å². The first-order valence-corrected chi connectivity index (χ1v) is 9.27. The van der Waals surface area contributed by atoms with E-state index < -0.39 is 10.2 Å². The van der Waals surface area contributed by atoms with Crippen molar-refractivity contribution in [3.8, 4) is 0 Å². The smallest absolute Gasteiger partial charge is 0.281 e. The Balaban J connectivity index is 2.69. The lowest BCUT2D eigenvalue weighted by atomic mass is 10.00. The molecule has 0 saturated carbocycles. The van der Waals surface area contributed by atoms with Crippen LogP contribution in [0.5, 0.6) is 0 Å².